The van der Waals surface area contributed by atoms with Crippen LogP contribution in [0.4, 0.5) is 17.1 Å². The highest BCUT2D eigenvalue weighted by Crippen LogP contribution is 2.43. The van der Waals surface area contributed by atoms with Crippen molar-refractivity contribution in [2.45, 2.75) is 6.04 Å². The Labute approximate surface area is 169 Å². The van der Waals surface area contributed by atoms with Gasteiger partial charge in [-0.15, -0.1) is 0 Å². The van der Waals surface area contributed by atoms with Gasteiger partial charge in [-0.2, -0.15) is 0 Å². The Balaban J connectivity index is 1.50. The summed E-state index contributed by atoms with van der Waals surface area (Å²) in [4.78, 5) is 2.92. The lowest BCUT2D eigenvalue weighted by Crippen LogP contribution is -2.11. The molecule has 0 radical (unpaired) electrons. The fourth-order valence-electron chi connectivity index (χ4n) is 3.58. The van der Waals surface area contributed by atoms with Gasteiger partial charge < -0.3 is 20.7 Å². The van der Waals surface area contributed by atoms with Gasteiger partial charge in [-0.3, -0.25) is 0 Å². The molecule has 140 valence electrons. The molecule has 2 heterocycles. The minimum atomic E-state index is -0.191. The number of benzene rings is 3. The van der Waals surface area contributed by atoms with Crippen molar-refractivity contribution in [3.63, 3.8) is 0 Å². The van der Waals surface area contributed by atoms with Crippen molar-refractivity contribution in [3.05, 3.63) is 107 Å². The van der Waals surface area contributed by atoms with Crippen LogP contribution in [-0.2, 0) is 0 Å². The second kappa shape index (κ2) is 7.14. The van der Waals surface area contributed by atoms with Crippen LogP contribution in [0, 0.1) is 11.8 Å². The number of aromatic amines is 1. The number of para-hydroxylation sites is 2. The number of rotatable bonds is 1. The third-order valence-electron chi connectivity index (χ3n) is 5.05. The number of anilines is 3. The third kappa shape index (κ3) is 3.30. The molecule has 0 spiro atoms. The first-order valence-electron chi connectivity index (χ1n) is 9.48. The topological polar surface area (TPSA) is 60.1 Å². The summed E-state index contributed by atoms with van der Waals surface area (Å²) in [6, 6.07) is 25.9. The number of aromatic nitrogens is 1. The first kappa shape index (κ1) is 17.0. The zero-order chi connectivity index (χ0) is 19.6. The predicted molar refractivity (Wildman–Crippen MR) is 117 cm³/mol. The van der Waals surface area contributed by atoms with E-state index in [0.717, 1.165) is 39.3 Å². The molecular formula is C25H19N3O. The van der Waals surface area contributed by atoms with Crippen LogP contribution in [0.2, 0.25) is 0 Å². The van der Waals surface area contributed by atoms with Crippen LogP contribution in [0.1, 0.15) is 28.3 Å². The first-order chi connectivity index (χ1) is 14.3. The smallest absolute Gasteiger partial charge is 0.196 e. The normalized spacial score (nSPS) is 14.3. The molecule has 1 atom stereocenters. The quantitative estimate of drug-likeness (QED) is 0.337. The molecule has 1 aromatic heterocycles. The molecular weight excluding hydrogens is 358 g/mol. The molecule has 29 heavy (non-hydrogen) atoms. The van der Waals surface area contributed by atoms with Crippen LogP contribution < -0.4 is 10.6 Å². The van der Waals surface area contributed by atoms with Crippen LogP contribution in [0.3, 0.4) is 0 Å². The number of hydrogen-bond donors (Lipinski definition) is 4. The van der Waals surface area contributed by atoms with Gasteiger partial charge in [0.15, 0.2) is 5.88 Å². The summed E-state index contributed by atoms with van der Waals surface area (Å²) in [7, 11) is 0. The molecule has 4 aromatic rings. The predicted octanol–water partition coefficient (Wildman–Crippen LogP) is 5.38. The highest BCUT2D eigenvalue weighted by molar-refractivity contribution is 5.80. The molecule has 1 aliphatic heterocycles. The van der Waals surface area contributed by atoms with Crippen molar-refractivity contribution >= 4 is 17.1 Å². The van der Waals surface area contributed by atoms with E-state index in [2.05, 4.69) is 39.6 Å². The van der Waals surface area contributed by atoms with Gasteiger partial charge in [-0.1, -0.05) is 54.3 Å². The second-order valence-electron chi connectivity index (χ2n) is 6.95. The van der Waals surface area contributed by atoms with Gasteiger partial charge in [-0.05, 0) is 42.0 Å². The number of hydrogen-bond acceptors (Lipinski definition) is 3. The van der Waals surface area contributed by atoms with Gasteiger partial charge in [0.2, 0.25) is 0 Å². The summed E-state index contributed by atoms with van der Waals surface area (Å²) < 4.78 is 0. The van der Waals surface area contributed by atoms with E-state index < -0.39 is 0 Å². The lowest BCUT2D eigenvalue weighted by molar-refractivity contribution is 0.449. The van der Waals surface area contributed by atoms with E-state index in [-0.39, 0.29) is 11.9 Å². The Hall–Kier alpha value is -4.10. The largest absolute Gasteiger partial charge is 0.494 e. The molecule has 0 amide bonds. The average molecular weight is 377 g/mol. The SMILES string of the molecule is Oc1[nH]cc2c1C(c1ccc(C#Cc3ccccc3)cc1)Nc1ccccc1N2. The van der Waals surface area contributed by atoms with E-state index in [1.165, 1.54) is 0 Å². The van der Waals surface area contributed by atoms with E-state index in [9.17, 15) is 5.11 Å². The first-order valence-corrected chi connectivity index (χ1v) is 9.48. The van der Waals surface area contributed by atoms with E-state index >= 15 is 0 Å². The Kier molecular flexibility index (Phi) is 4.19. The molecule has 3 aromatic carbocycles. The fourth-order valence-corrected chi connectivity index (χ4v) is 3.58. The molecule has 5 rings (SSSR count). The molecule has 0 aliphatic carbocycles. The van der Waals surface area contributed by atoms with Crippen molar-refractivity contribution in [3.8, 4) is 17.7 Å². The molecule has 0 saturated heterocycles. The van der Waals surface area contributed by atoms with Gasteiger partial charge in [0, 0.05) is 17.3 Å². The summed E-state index contributed by atoms with van der Waals surface area (Å²) in [5, 5.41) is 17.4. The van der Waals surface area contributed by atoms with Gasteiger partial charge >= 0.3 is 0 Å². The number of H-pyrrole nitrogens is 1. The number of aromatic hydroxyl groups is 1. The summed E-state index contributed by atoms with van der Waals surface area (Å²) in [6.07, 6.45) is 1.79. The van der Waals surface area contributed by atoms with Crippen molar-refractivity contribution in [1.82, 2.24) is 4.98 Å². The lowest BCUT2D eigenvalue weighted by atomic mass is 9.98. The van der Waals surface area contributed by atoms with Crippen LogP contribution in [0.25, 0.3) is 0 Å². The van der Waals surface area contributed by atoms with Gasteiger partial charge in [0.05, 0.1) is 28.7 Å². The molecule has 0 saturated carbocycles. The highest BCUT2D eigenvalue weighted by atomic mass is 16.3. The van der Waals surface area contributed by atoms with Gasteiger partial charge in [-0.25, -0.2) is 0 Å². The van der Waals surface area contributed by atoms with Gasteiger partial charge in [0.25, 0.3) is 0 Å². The van der Waals surface area contributed by atoms with E-state index in [0.29, 0.717) is 0 Å². The third-order valence-corrected chi connectivity index (χ3v) is 5.05. The number of nitrogens with one attached hydrogen (secondary N) is 3. The summed E-state index contributed by atoms with van der Waals surface area (Å²) >= 11 is 0. The van der Waals surface area contributed by atoms with Crippen LogP contribution in [0.5, 0.6) is 5.88 Å². The summed E-state index contributed by atoms with van der Waals surface area (Å²) in [5.74, 6) is 6.55. The van der Waals surface area contributed by atoms with Crippen LogP contribution in [-0.4, -0.2) is 10.1 Å². The minimum Gasteiger partial charge on any atom is -0.494 e. The monoisotopic (exact) mass is 377 g/mol. The molecule has 0 fully saturated rings. The maximum Gasteiger partial charge on any atom is 0.196 e. The minimum absolute atomic E-state index is 0.158. The van der Waals surface area contributed by atoms with Crippen molar-refractivity contribution < 1.29 is 5.11 Å². The maximum absolute atomic E-state index is 10.4. The van der Waals surface area contributed by atoms with E-state index in [1.54, 1.807) is 6.20 Å². The van der Waals surface area contributed by atoms with Crippen LogP contribution in [0.15, 0.2) is 85.1 Å². The lowest BCUT2D eigenvalue weighted by Gasteiger charge is -2.19. The Morgan fingerprint density at radius 3 is 2.10 bits per heavy atom. The van der Waals surface area contributed by atoms with Gasteiger partial charge in [0.1, 0.15) is 0 Å². The maximum atomic E-state index is 10.4. The van der Waals surface area contributed by atoms with Crippen molar-refractivity contribution in [1.29, 1.82) is 0 Å². The molecule has 4 N–H and O–H groups in total. The Morgan fingerprint density at radius 2 is 1.34 bits per heavy atom. The van der Waals surface area contributed by atoms with E-state index in [4.69, 9.17) is 0 Å². The molecule has 4 nitrogen and oxygen atoms in total. The highest BCUT2D eigenvalue weighted by Gasteiger charge is 2.26. The Morgan fingerprint density at radius 1 is 0.690 bits per heavy atom. The standard InChI is InChI=1S/C25H19N3O/c29-25-23-22(16-26-25)27-20-8-4-5-9-21(20)28-24(23)19-14-12-18(13-15-19)11-10-17-6-2-1-3-7-17/h1-9,12-16,24,26-29H. The second-order valence-corrected chi connectivity index (χ2v) is 6.95. The number of fused-ring (bicyclic) bond motifs is 2. The molecule has 1 unspecified atom stereocenters. The van der Waals surface area contributed by atoms with Crippen molar-refractivity contribution in [2.24, 2.45) is 0 Å². The van der Waals surface area contributed by atoms with Crippen molar-refractivity contribution in [2.75, 3.05) is 10.6 Å². The summed E-state index contributed by atoms with van der Waals surface area (Å²) in [5.41, 5.74) is 6.60. The fraction of sp³-hybridized carbons (Fsp3) is 0.0400. The zero-order valence-electron chi connectivity index (χ0n) is 15.6. The van der Waals surface area contributed by atoms with E-state index in [1.807, 2.05) is 66.7 Å². The van der Waals surface area contributed by atoms with Crippen LogP contribution >= 0.6 is 0 Å². The molecule has 0 bridgehead atoms. The summed E-state index contributed by atoms with van der Waals surface area (Å²) in [6.45, 7) is 0. The average Bonchev–Trinajstić information content (AvgIpc) is 3.03. The Bertz CT molecular complexity index is 1210. The molecule has 4 heteroatoms. The zero-order valence-corrected chi connectivity index (χ0v) is 15.6. The molecule has 1 aliphatic rings.